The Morgan fingerprint density at radius 1 is 1.44 bits per heavy atom. The number of nitrogens with two attached hydrogens (primary N) is 1. The van der Waals surface area contributed by atoms with E-state index in [1.165, 1.54) is 18.2 Å². The number of carboxylic acids is 1. The van der Waals surface area contributed by atoms with Gasteiger partial charge in [-0.2, -0.15) is 0 Å². The summed E-state index contributed by atoms with van der Waals surface area (Å²) in [6.07, 6.45) is 0.0681. The van der Waals surface area contributed by atoms with Crippen LogP contribution in [0.25, 0.3) is 0 Å². The molecule has 0 heterocycles. The first-order valence-electron chi connectivity index (χ1n) is 4.78. The number of hydrogen-bond donors (Lipinski definition) is 2. The number of carbonyl (C=O) groups excluding carboxylic acids is 1. The quantitative estimate of drug-likeness (QED) is 0.746. The molecule has 1 amide bonds. The number of benzene rings is 1. The summed E-state index contributed by atoms with van der Waals surface area (Å²) < 4.78 is 13.4. The molecule has 1 aliphatic rings. The highest BCUT2D eigenvalue weighted by molar-refractivity contribution is 6.06. The van der Waals surface area contributed by atoms with Crippen molar-refractivity contribution in [3.8, 4) is 0 Å². The van der Waals surface area contributed by atoms with Crippen LogP contribution >= 0.6 is 0 Å². The fourth-order valence-electron chi connectivity index (χ4n) is 2.01. The zero-order valence-electron chi connectivity index (χ0n) is 8.31. The molecule has 0 spiro atoms. The van der Waals surface area contributed by atoms with Crippen LogP contribution in [-0.2, 0) is 9.59 Å². The molecule has 1 saturated carbocycles. The average Bonchev–Trinajstić information content (AvgIpc) is 2.94. The van der Waals surface area contributed by atoms with Crippen LogP contribution in [0.4, 0.5) is 4.39 Å². The normalized spacial score (nSPS) is 27.4. The lowest BCUT2D eigenvalue weighted by Crippen LogP contribution is -2.33. The molecule has 16 heavy (non-hydrogen) atoms. The van der Waals surface area contributed by atoms with E-state index in [1.54, 1.807) is 6.07 Å². The molecule has 1 aromatic carbocycles. The minimum atomic E-state index is -1.62. The lowest BCUT2D eigenvalue weighted by Gasteiger charge is -2.08. The van der Waals surface area contributed by atoms with Crippen molar-refractivity contribution in [2.45, 2.75) is 12.3 Å². The lowest BCUT2D eigenvalue weighted by molar-refractivity contribution is -0.148. The molecule has 2 rings (SSSR count). The Morgan fingerprint density at radius 3 is 2.50 bits per heavy atom. The third-order valence-corrected chi connectivity index (χ3v) is 3.06. The first-order chi connectivity index (χ1) is 7.50. The Balaban J connectivity index is 2.38. The van der Waals surface area contributed by atoms with Gasteiger partial charge in [-0.15, -0.1) is 0 Å². The van der Waals surface area contributed by atoms with Gasteiger partial charge in [-0.3, -0.25) is 9.59 Å². The molecule has 0 saturated heterocycles. The number of aliphatic carboxylic acids is 1. The Morgan fingerprint density at radius 2 is 2.06 bits per heavy atom. The summed E-state index contributed by atoms with van der Waals surface area (Å²) in [5.41, 5.74) is 3.69. The van der Waals surface area contributed by atoms with E-state index in [1.807, 2.05) is 0 Å². The fraction of sp³-hybridized carbons (Fsp3) is 0.273. The van der Waals surface area contributed by atoms with Gasteiger partial charge in [0.05, 0.1) is 0 Å². The van der Waals surface area contributed by atoms with Crippen LogP contribution in [0.15, 0.2) is 24.3 Å². The van der Waals surface area contributed by atoms with Crippen LogP contribution in [0.5, 0.6) is 0 Å². The summed E-state index contributed by atoms with van der Waals surface area (Å²) in [7, 11) is 0. The fourth-order valence-corrected chi connectivity index (χ4v) is 2.01. The molecule has 0 bridgehead atoms. The van der Waals surface area contributed by atoms with E-state index >= 15 is 0 Å². The van der Waals surface area contributed by atoms with Crippen LogP contribution in [0.2, 0.25) is 0 Å². The van der Waals surface area contributed by atoms with Gasteiger partial charge in [0.15, 0.2) is 5.41 Å². The molecule has 2 unspecified atom stereocenters. The summed E-state index contributed by atoms with van der Waals surface area (Å²) in [5, 5.41) is 8.97. The molecule has 1 aliphatic carbocycles. The van der Waals surface area contributed by atoms with Gasteiger partial charge in [0.2, 0.25) is 5.91 Å². The highest BCUT2D eigenvalue weighted by Crippen LogP contribution is 2.59. The SMILES string of the molecule is NC(=O)C1(C(=O)O)CC1c1ccccc1F. The third kappa shape index (κ3) is 1.28. The minimum Gasteiger partial charge on any atom is -0.480 e. The summed E-state index contributed by atoms with van der Waals surface area (Å²) >= 11 is 0. The van der Waals surface area contributed by atoms with E-state index in [0.717, 1.165) is 0 Å². The number of hydrogen-bond acceptors (Lipinski definition) is 2. The highest BCUT2D eigenvalue weighted by atomic mass is 19.1. The monoisotopic (exact) mass is 223 g/mol. The Labute approximate surface area is 90.9 Å². The van der Waals surface area contributed by atoms with Crippen LogP contribution in [0.3, 0.4) is 0 Å². The van der Waals surface area contributed by atoms with Crippen LogP contribution < -0.4 is 5.73 Å². The first kappa shape index (κ1) is 10.6. The summed E-state index contributed by atoms with van der Waals surface area (Å²) in [6, 6.07) is 5.83. The molecule has 4 nitrogen and oxygen atoms in total. The second kappa shape index (κ2) is 3.30. The largest absolute Gasteiger partial charge is 0.480 e. The molecule has 84 valence electrons. The minimum absolute atomic E-state index is 0.0681. The second-order valence-electron chi connectivity index (χ2n) is 3.92. The number of carboxylic acid groups (broad SMARTS) is 1. The molecule has 0 radical (unpaired) electrons. The molecule has 0 aliphatic heterocycles. The number of primary amides is 1. The third-order valence-electron chi connectivity index (χ3n) is 3.06. The molecule has 5 heteroatoms. The van der Waals surface area contributed by atoms with Crippen molar-refractivity contribution in [1.29, 1.82) is 0 Å². The van der Waals surface area contributed by atoms with Crippen molar-refractivity contribution in [2.75, 3.05) is 0 Å². The maximum atomic E-state index is 13.4. The molecular weight excluding hydrogens is 213 g/mol. The Hall–Kier alpha value is -1.91. The first-order valence-corrected chi connectivity index (χ1v) is 4.78. The van der Waals surface area contributed by atoms with Gasteiger partial charge >= 0.3 is 5.97 Å². The zero-order chi connectivity index (χ0) is 11.9. The molecule has 1 fully saturated rings. The van der Waals surface area contributed by atoms with E-state index < -0.39 is 29.0 Å². The van der Waals surface area contributed by atoms with Crippen molar-refractivity contribution in [3.05, 3.63) is 35.6 Å². The van der Waals surface area contributed by atoms with Gasteiger partial charge in [0.1, 0.15) is 5.82 Å². The number of halogens is 1. The highest BCUT2D eigenvalue weighted by Gasteiger charge is 2.66. The van der Waals surface area contributed by atoms with Gasteiger partial charge in [-0.05, 0) is 18.1 Å². The van der Waals surface area contributed by atoms with Crippen molar-refractivity contribution in [2.24, 2.45) is 11.1 Å². The molecular formula is C11H10FNO3. The predicted molar refractivity (Wildman–Crippen MR) is 53.0 cm³/mol. The average molecular weight is 223 g/mol. The lowest BCUT2D eigenvalue weighted by atomic mass is 9.98. The number of amides is 1. The Kier molecular flexibility index (Phi) is 2.18. The van der Waals surface area contributed by atoms with Gasteiger partial charge in [-0.25, -0.2) is 4.39 Å². The molecule has 1 aromatic rings. The van der Waals surface area contributed by atoms with E-state index in [-0.39, 0.29) is 12.0 Å². The smallest absolute Gasteiger partial charge is 0.319 e. The van der Waals surface area contributed by atoms with Gasteiger partial charge in [0.25, 0.3) is 0 Å². The topological polar surface area (TPSA) is 80.4 Å². The summed E-state index contributed by atoms with van der Waals surface area (Å²) in [4.78, 5) is 22.1. The summed E-state index contributed by atoms with van der Waals surface area (Å²) in [6.45, 7) is 0. The molecule has 0 aromatic heterocycles. The second-order valence-corrected chi connectivity index (χ2v) is 3.92. The maximum Gasteiger partial charge on any atom is 0.319 e. The number of carbonyl (C=O) groups is 2. The number of rotatable bonds is 3. The van der Waals surface area contributed by atoms with Crippen LogP contribution in [0, 0.1) is 11.2 Å². The van der Waals surface area contributed by atoms with E-state index in [9.17, 15) is 14.0 Å². The van der Waals surface area contributed by atoms with E-state index in [4.69, 9.17) is 10.8 Å². The van der Waals surface area contributed by atoms with Gasteiger partial charge < -0.3 is 10.8 Å². The van der Waals surface area contributed by atoms with Crippen molar-refractivity contribution in [1.82, 2.24) is 0 Å². The van der Waals surface area contributed by atoms with Crippen LogP contribution in [0.1, 0.15) is 17.9 Å². The van der Waals surface area contributed by atoms with Gasteiger partial charge in [-0.1, -0.05) is 18.2 Å². The standard InChI is InChI=1S/C11H10FNO3/c12-8-4-2-1-3-6(8)7-5-11(7,9(13)14)10(15)16/h1-4,7H,5H2,(H2,13,14)(H,15,16). The van der Waals surface area contributed by atoms with Gasteiger partial charge in [0, 0.05) is 5.92 Å². The predicted octanol–water partition coefficient (Wildman–Crippen LogP) is 0.869. The van der Waals surface area contributed by atoms with Crippen LogP contribution in [-0.4, -0.2) is 17.0 Å². The van der Waals surface area contributed by atoms with Crippen molar-refractivity contribution >= 4 is 11.9 Å². The molecule has 3 N–H and O–H groups in total. The maximum absolute atomic E-state index is 13.4. The van der Waals surface area contributed by atoms with Crippen molar-refractivity contribution < 1.29 is 19.1 Å². The zero-order valence-corrected chi connectivity index (χ0v) is 8.31. The molecule has 2 atom stereocenters. The van der Waals surface area contributed by atoms with E-state index in [0.29, 0.717) is 0 Å². The summed E-state index contributed by atoms with van der Waals surface area (Å²) in [5.74, 6) is -3.35. The van der Waals surface area contributed by atoms with E-state index in [2.05, 4.69) is 0 Å². The Bertz CT molecular complexity index is 458. The van der Waals surface area contributed by atoms with Crippen molar-refractivity contribution in [3.63, 3.8) is 0 Å².